The molecule has 3 aromatic rings. The Labute approximate surface area is 210 Å². The molecule has 1 N–H and O–H groups in total. The highest BCUT2D eigenvalue weighted by molar-refractivity contribution is 5.96. The monoisotopic (exact) mass is 485 g/mol. The molecule has 36 heavy (non-hydrogen) atoms. The van der Waals surface area contributed by atoms with E-state index in [1.165, 1.54) is 6.92 Å². The maximum atomic E-state index is 13.4. The van der Waals surface area contributed by atoms with Crippen LogP contribution in [0.2, 0.25) is 0 Å². The third kappa shape index (κ3) is 5.03. The molecule has 8 heteroatoms. The van der Waals surface area contributed by atoms with E-state index in [4.69, 9.17) is 0 Å². The quantitative estimate of drug-likeness (QED) is 0.612. The third-order valence-corrected chi connectivity index (χ3v) is 7.07. The largest absolute Gasteiger partial charge is 0.367 e. The van der Waals surface area contributed by atoms with Crippen LogP contribution < -0.4 is 10.2 Å². The Morgan fingerprint density at radius 2 is 1.64 bits per heavy atom. The number of nitrogens with one attached hydrogen (secondary N) is 1. The number of aromatic nitrogens is 1. The molecule has 1 aromatic heterocycles. The zero-order valence-corrected chi connectivity index (χ0v) is 20.5. The summed E-state index contributed by atoms with van der Waals surface area (Å²) in [5.41, 5.74) is 3.36. The summed E-state index contributed by atoms with van der Waals surface area (Å²) >= 11 is 0. The fraction of sp³-hybridized carbons (Fsp3) is 0.357. The molecule has 2 fully saturated rings. The summed E-state index contributed by atoms with van der Waals surface area (Å²) in [6.07, 6.45) is 3.46. The number of carbonyl (C=O) groups excluding carboxylic acids is 3. The number of rotatable bonds is 4. The van der Waals surface area contributed by atoms with Crippen LogP contribution in [-0.4, -0.2) is 71.8 Å². The highest BCUT2D eigenvalue weighted by Crippen LogP contribution is 2.27. The lowest BCUT2D eigenvalue weighted by Crippen LogP contribution is -2.53. The van der Waals surface area contributed by atoms with E-state index in [1.807, 2.05) is 35.4 Å². The second-order valence-corrected chi connectivity index (χ2v) is 9.51. The molecule has 1 atom stereocenters. The normalized spacial score (nSPS) is 18.2. The maximum absolute atomic E-state index is 13.4. The van der Waals surface area contributed by atoms with Gasteiger partial charge in [0.05, 0.1) is 11.4 Å². The number of carbonyl (C=O) groups is 3. The molecule has 1 unspecified atom stereocenters. The topological polar surface area (TPSA) is 85.8 Å². The molecule has 2 saturated heterocycles. The number of anilines is 2. The molecule has 5 rings (SSSR count). The van der Waals surface area contributed by atoms with Crippen molar-refractivity contribution >= 4 is 40.0 Å². The first kappa shape index (κ1) is 23.8. The zero-order valence-electron chi connectivity index (χ0n) is 20.5. The molecule has 3 amide bonds. The average Bonchev–Trinajstić information content (AvgIpc) is 2.92. The standard InChI is InChI=1S/C28H31N5O3/c1-20(34)30-23-10-8-21(9-11-23)27(35)33-14-4-5-22(19-33)28(36)32-17-15-31(16-18-32)26-12-13-29-25-7-3-2-6-24(25)26/h2-3,6-13,22H,4-5,14-19H2,1H3,(H,30,34). The van der Waals surface area contributed by atoms with E-state index in [0.717, 1.165) is 42.5 Å². The molecule has 0 aliphatic carbocycles. The lowest BCUT2D eigenvalue weighted by molar-refractivity contribution is -0.137. The second kappa shape index (κ2) is 10.4. The lowest BCUT2D eigenvalue weighted by Gasteiger charge is -2.40. The summed E-state index contributed by atoms with van der Waals surface area (Å²) in [7, 11) is 0. The molecule has 0 radical (unpaired) electrons. The van der Waals surface area contributed by atoms with Gasteiger partial charge in [-0.2, -0.15) is 0 Å². The van der Waals surface area contributed by atoms with Crippen molar-refractivity contribution in [3.05, 3.63) is 66.4 Å². The molecule has 0 saturated carbocycles. The summed E-state index contributed by atoms with van der Waals surface area (Å²) in [5.74, 6) is -0.250. The van der Waals surface area contributed by atoms with E-state index in [2.05, 4.69) is 21.3 Å². The minimum atomic E-state index is -0.172. The van der Waals surface area contributed by atoms with Crippen LogP contribution in [0.1, 0.15) is 30.1 Å². The number of benzene rings is 2. The van der Waals surface area contributed by atoms with Gasteiger partial charge in [0.2, 0.25) is 11.8 Å². The van der Waals surface area contributed by atoms with Crippen LogP contribution in [0.25, 0.3) is 10.9 Å². The van der Waals surface area contributed by atoms with Gasteiger partial charge >= 0.3 is 0 Å². The van der Waals surface area contributed by atoms with Crippen LogP contribution >= 0.6 is 0 Å². The predicted molar refractivity (Wildman–Crippen MR) is 140 cm³/mol. The molecule has 2 aliphatic rings. The van der Waals surface area contributed by atoms with Gasteiger partial charge in [-0.1, -0.05) is 18.2 Å². The van der Waals surface area contributed by atoms with Gasteiger partial charge in [0.25, 0.3) is 5.91 Å². The van der Waals surface area contributed by atoms with Crippen molar-refractivity contribution in [2.24, 2.45) is 5.92 Å². The number of para-hydroxylation sites is 1. The Bertz CT molecular complexity index is 1260. The summed E-state index contributed by atoms with van der Waals surface area (Å²) in [4.78, 5) is 48.2. The van der Waals surface area contributed by atoms with Crippen molar-refractivity contribution in [2.75, 3.05) is 49.5 Å². The van der Waals surface area contributed by atoms with Gasteiger partial charge in [0.1, 0.15) is 0 Å². The van der Waals surface area contributed by atoms with Crippen LogP contribution in [-0.2, 0) is 9.59 Å². The number of likely N-dealkylation sites (tertiary alicyclic amines) is 1. The van der Waals surface area contributed by atoms with Gasteiger partial charge in [0, 0.05) is 74.7 Å². The van der Waals surface area contributed by atoms with Gasteiger partial charge in [-0.15, -0.1) is 0 Å². The summed E-state index contributed by atoms with van der Waals surface area (Å²) in [5, 5.41) is 3.84. The van der Waals surface area contributed by atoms with Crippen LogP contribution in [0.3, 0.4) is 0 Å². The van der Waals surface area contributed by atoms with Crippen LogP contribution in [0, 0.1) is 5.92 Å². The molecule has 2 aromatic carbocycles. The van der Waals surface area contributed by atoms with E-state index in [1.54, 1.807) is 29.2 Å². The van der Waals surface area contributed by atoms with E-state index in [0.29, 0.717) is 37.4 Å². The van der Waals surface area contributed by atoms with Crippen molar-refractivity contribution in [1.29, 1.82) is 0 Å². The highest BCUT2D eigenvalue weighted by atomic mass is 16.2. The zero-order chi connectivity index (χ0) is 25.1. The smallest absolute Gasteiger partial charge is 0.253 e. The minimum absolute atomic E-state index is 0.0729. The van der Waals surface area contributed by atoms with Crippen molar-refractivity contribution in [1.82, 2.24) is 14.8 Å². The van der Waals surface area contributed by atoms with Crippen LogP contribution in [0.5, 0.6) is 0 Å². The first-order valence-corrected chi connectivity index (χ1v) is 12.5. The molecule has 2 aliphatic heterocycles. The fourth-order valence-electron chi connectivity index (χ4n) is 5.23. The fourth-order valence-corrected chi connectivity index (χ4v) is 5.23. The second-order valence-electron chi connectivity index (χ2n) is 9.51. The van der Waals surface area contributed by atoms with Crippen molar-refractivity contribution in [2.45, 2.75) is 19.8 Å². The Kier molecular flexibility index (Phi) is 6.84. The lowest BCUT2D eigenvalue weighted by atomic mass is 9.95. The summed E-state index contributed by atoms with van der Waals surface area (Å²) in [6.45, 7) is 5.44. The van der Waals surface area contributed by atoms with Crippen molar-refractivity contribution < 1.29 is 14.4 Å². The number of nitrogens with zero attached hydrogens (tertiary/aromatic N) is 4. The Balaban J connectivity index is 1.19. The van der Waals surface area contributed by atoms with E-state index >= 15 is 0 Å². The highest BCUT2D eigenvalue weighted by Gasteiger charge is 2.33. The van der Waals surface area contributed by atoms with Gasteiger partial charge in [-0.3, -0.25) is 19.4 Å². The Morgan fingerprint density at radius 1 is 0.889 bits per heavy atom. The predicted octanol–water partition coefficient (Wildman–Crippen LogP) is 3.39. The van der Waals surface area contributed by atoms with Gasteiger partial charge in [-0.25, -0.2) is 0 Å². The van der Waals surface area contributed by atoms with Crippen molar-refractivity contribution in [3.8, 4) is 0 Å². The first-order chi connectivity index (χ1) is 17.5. The van der Waals surface area contributed by atoms with Gasteiger partial charge in [0.15, 0.2) is 0 Å². The maximum Gasteiger partial charge on any atom is 0.253 e. The Hall–Kier alpha value is -3.94. The number of piperidine rings is 1. The number of piperazine rings is 1. The molecule has 8 nitrogen and oxygen atoms in total. The van der Waals surface area contributed by atoms with E-state index in [-0.39, 0.29) is 23.6 Å². The number of fused-ring (bicyclic) bond motifs is 1. The minimum Gasteiger partial charge on any atom is -0.367 e. The average molecular weight is 486 g/mol. The first-order valence-electron chi connectivity index (χ1n) is 12.5. The molecular formula is C28H31N5O3. The molecule has 0 spiro atoms. The Morgan fingerprint density at radius 3 is 2.39 bits per heavy atom. The number of amides is 3. The SMILES string of the molecule is CC(=O)Nc1ccc(C(=O)N2CCCC(C(=O)N3CCN(c4ccnc5ccccc45)CC3)C2)cc1. The molecular weight excluding hydrogens is 454 g/mol. The summed E-state index contributed by atoms with van der Waals surface area (Å²) < 4.78 is 0. The van der Waals surface area contributed by atoms with Gasteiger partial charge in [-0.05, 0) is 49.2 Å². The van der Waals surface area contributed by atoms with Gasteiger partial charge < -0.3 is 20.0 Å². The molecule has 0 bridgehead atoms. The van der Waals surface area contributed by atoms with E-state index in [9.17, 15) is 14.4 Å². The van der Waals surface area contributed by atoms with Crippen LogP contribution in [0.15, 0.2) is 60.8 Å². The number of hydrogen-bond donors (Lipinski definition) is 1. The van der Waals surface area contributed by atoms with E-state index < -0.39 is 0 Å². The number of hydrogen-bond acceptors (Lipinski definition) is 5. The number of pyridine rings is 1. The molecule has 3 heterocycles. The summed E-state index contributed by atoms with van der Waals surface area (Å²) in [6, 6.07) is 17.1. The third-order valence-electron chi connectivity index (χ3n) is 7.07. The van der Waals surface area contributed by atoms with Crippen molar-refractivity contribution in [3.63, 3.8) is 0 Å². The van der Waals surface area contributed by atoms with Crippen LogP contribution in [0.4, 0.5) is 11.4 Å². The molecule has 186 valence electrons.